The first-order valence-electron chi connectivity index (χ1n) is 23.2. The molecule has 0 aliphatic carbocycles. The van der Waals surface area contributed by atoms with Crippen LogP contribution < -0.4 is 25.4 Å². The molecule has 5 aromatic rings. The Labute approximate surface area is 415 Å². The standard InChI is InChI=1S/C53H56N4O15/c1-4-6-9-20-39(43(5-2)57(34-59)72-52(65)41-21-14-15-22-45(41)70-35(3)60)49(62)54-33-55-51(64)46-26-25-44(71-46)38-23-24-40(47(29-38)67-32-48(61)68-30-36-16-10-7-11-17-36)50(63)56-42(27-28-58)53(66)69-31-37-18-12-8-13-19-37/h7-8,10-19,21-26,28-29,34,39,42-43H,4-6,9,20,27,30-33H2,1-3H3,(H,54,62)(H,55,64)(H,56,63). The highest BCUT2D eigenvalue weighted by Gasteiger charge is 2.34. The highest BCUT2D eigenvalue weighted by molar-refractivity contribution is 6.00. The van der Waals surface area contributed by atoms with Crippen LogP contribution in [0.4, 0.5) is 0 Å². The minimum absolute atomic E-state index is 0.0401. The number of rotatable bonds is 28. The van der Waals surface area contributed by atoms with Gasteiger partial charge in [-0.2, -0.15) is 5.06 Å². The van der Waals surface area contributed by atoms with Crippen molar-refractivity contribution >= 4 is 54.3 Å². The van der Waals surface area contributed by atoms with Gasteiger partial charge in [-0.3, -0.25) is 24.0 Å². The van der Waals surface area contributed by atoms with Crippen LogP contribution in [0.2, 0.25) is 0 Å². The largest absolute Gasteiger partial charge is 0.481 e. The molecule has 0 spiro atoms. The topological polar surface area (TPSA) is 252 Å². The van der Waals surface area contributed by atoms with Gasteiger partial charge < -0.3 is 48.9 Å². The number of hydrogen-bond acceptors (Lipinski definition) is 15. The Morgan fingerprint density at radius 1 is 0.722 bits per heavy atom. The number of carbonyl (C=O) groups is 9. The minimum atomic E-state index is -1.36. The SMILES string of the molecule is CCCCCC(C(=O)NCNC(=O)c1ccc(-c2ccc(C(=O)NC(CC=O)C(=O)OCc3ccccc3)c(OCC(=O)OCc3ccccc3)c2)o1)C(CC)N(C=O)OC(=O)c1ccccc1OC(C)=O. The fourth-order valence-corrected chi connectivity index (χ4v) is 7.27. The van der Waals surface area contributed by atoms with Crippen molar-refractivity contribution in [3.63, 3.8) is 0 Å². The third-order valence-corrected chi connectivity index (χ3v) is 10.9. The summed E-state index contributed by atoms with van der Waals surface area (Å²) in [4.78, 5) is 121. The number of unbranched alkanes of at least 4 members (excludes halogenated alkanes) is 2. The summed E-state index contributed by atoms with van der Waals surface area (Å²) in [6.07, 6.45) is 3.08. The Morgan fingerprint density at radius 2 is 1.40 bits per heavy atom. The molecule has 4 amide bonds. The lowest BCUT2D eigenvalue weighted by atomic mass is 9.90. The number of carbonyl (C=O) groups excluding carboxylic acids is 9. The van der Waals surface area contributed by atoms with Crippen LogP contribution in [0, 0.1) is 5.92 Å². The van der Waals surface area contributed by atoms with Crippen molar-refractivity contribution in [3.8, 4) is 22.8 Å². The lowest BCUT2D eigenvalue weighted by Gasteiger charge is -2.32. The molecule has 0 fully saturated rings. The predicted octanol–water partition coefficient (Wildman–Crippen LogP) is 6.43. The van der Waals surface area contributed by atoms with Gasteiger partial charge in [-0.1, -0.05) is 112 Å². The number of para-hydroxylation sites is 1. The number of furan rings is 1. The van der Waals surface area contributed by atoms with Crippen molar-refractivity contribution in [3.05, 3.63) is 143 Å². The number of nitrogens with one attached hydrogen (secondary N) is 3. The van der Waals surface area contributed by atoms with Crippen molar-refractivity contribution in [1.82, 2.24) is 21.0 Å². The molecule has 1 aromatic heterocycles. The van der Waals surface area contributed by atoms with E-state index in [1.54, 1.807) is 67.6 Å². The van der Waals surface area contributed by atoms with E-state index in [0.29, 0.717) is 36.7 Å². The van der Waals surface area contributed by atoms with E-state index in [4.69, 9.17) is 28.2 Å². The molecule has 0 bridgehead atoms. The van der Waals surface area contributed by atoms with Crippen LogP contribution in [0.5, 0.6) is 11.5 Å². The molecule has 3 unspecified atom stereocenters. The Balaban J connectivity index is 1.27. The first kappa shape index (κ1) is 54.3. The second-order valence-electron chi connectivity index (χ2n) is 16.1. The number of amides is 4. The van der Waals surface area contributed by atoms with Crippen LogP contribution in [0.15, 0.2) is 120 Å². The summed E-state index contributed by atoms with van der Waals surface area (Å²) < 4.78 is 27.5. The lowest BCUT2D eigenvalue weighted by Crippen LogP contribution is -2.49. The van der Waals surface area contributed by atoms with Gasteiger partial charge >= 0.3 is 23.9 Å². The highest BCUT2D eigenvalue weighted by atomic mass is 16.7. The van der Waals surface area contributed by atoms with Gasteiger partial charge in [0.1, 0.15) is 48.4 Å². The van der Waals surface area contributed by atoms with Crippen molar-refractivity contribution in [2.45, 2.75) is 84.6 Å². The van der Waals surface area contributed by atoms with E-state index in [2.05, 4.69) is 16.0 Å². The Kier molecular flexibility index (Phi) is 21.2. The van der Waals surface area contributed by atoms with E-state index in [-0.39, 0.29) is 60.4 Å². The molecule has 19 nitrogen and oxygen atoms in total. The van der Waals surface area contributed by atoms with Gasteiger partial charge in [-0.25, -0.2) is 14.4 Å². The van der Waals surface area contributed by atoms with Gasteiger partial charge in [0.15, 0.2) is 12.4 Å². The summed E-state index contributed by atoms with van der Waals surface area (Å²) in [5.41, 5.74) is 1.48. The first-order valence-corrected chi connectivity index (χ1v) is 23.2. The van der Waals surface area contributed by atoms with Crippen LogP contribution in [-0.2, 0) is 56.3 Å². The number of benzene rings is 4. The quantitative estimate of drug-likeness (QED) is 0.0122. The summed E-state index contributed by atoms with van der Waals surface area (Å²) in [5, 5.41) is 8.53. The van der Waals surface area contributed by atoms with Crippen molar-refractivity contribution in [1.29, 1.82) is 0 Å². The van der Waals surface area contributed by atoms with E-state index >= 15 is 0 Å². The molecular formula is C53H56N4O15. The zero-order valence-corrected chi connectivity index (χ0v) is 40.0. The molecule has 5 rings (SSSR count). The number of hydrogen-bond donors (Lipinski definition) is 3. The van der Waals surface area contributed by atoms with E-state index in [1.165, 1.54) is 55.5 Å². The summed E-state index contributed by atoms with van der Waals surface area (Å²) in [6.45, 7) is 3.74. The fourth-order valence-electron chi connectivity index (χ4n) is 7.27. The van der Waals surface area contributed by atoms with E-state index in [1.807, 2.05) is 13.0 Å². The fraction of sp³-hybridized carbons (Fsp3) is 0.302. The predicted molar refractivity (Wildman–Crippen MR) is 257 cm³/mol. The molecule has 0 aliphatic rings. The van der Waals surface area contributed by atoms with Gasteiger partial charge in [0, 0.05) is 18.9 Å². The molecule has 0 saturated heterocycles. The zero-order chi connectivity index (χ0) is 51.8. The molecule has 19 heteroatoms. The highest BCUT2D eigenvalue weighted by Crippen LogP contribution is 2.30. The second-order valence-corrected chi connectivity index (χ2v) is 16.1. The average molecular weight is 989 g/mol. The molecule has 378 valence electrons. The number of esters is 3. The average Bonchev–Trinajstić information content (AvgIpc) is 3.89. The molecule has 1 heterocycles. The maximum Gasteiger partial charge on any atom is 0.367 e. The van der Waals surface area contributed by atoms with Crippen LogP contribution in [-0.4, -0.2) is 84.7 Å². The van der Waals surface area contributed by atoms with E-state index in [9.17, 15) is 43.2 Å². The summed E-state index contributed by atoms with van der Waals surface area (Å²) >= 11 is 0. The smallest absolute Gasteiger partial charge is 0.367 e. The van der Waals surface area contributed by atoms with Crippen molar-refractivity contribution in [2.75, 3.05) is 13.3 Å². The Hall–Kier alpha value is -8.61. The molecule has 72 heavy (non-hydrogen) atoms. The third kappa shape index (κ3) is 16.2. The van der Waals surface area contributed by atoms with Gasteiger partial charge in [0.2, 0.25) is 12.3 Å². The maximum absolute atomic E-state index is 13.8. The molecular weight excluding hydrogens is 933 g/mol. The Bertz CT molecular complexity index is 2650. The van der Waals surface area contributed by atoms with Crippen LogP contribution >= 0.6 is 0 Å². The van der Waals surface area contributed by atoms with Crippen LogP contribution in [0.3, 0.4) is 0 Å². The molecule has 3 N–H and O–H groups in total. The molecule has 0 aliphatic heterocycles. The normalized spacial score (nSPS) is 11.9. The first-order chi connectivity index (χ1) is 34.8. The third-order valence-electron chi connectivity index (χ3n) is 10.9. The second kappa shape index (κ2) is 28.2. The van der Waals surface area contributed by atoms with Gasteiger partial charge in [-0.15, -0.1) is 0 Å². The summed E-state index contributed by atoms with van der Waals surface area (Å²) in [5.74, 6) is -6.49. The molecule has 3 atom stereocenters. The lowest BCUT2D eigenvalue weighted by molar-refractivity contribution is -0.171. The summed E-state index contributed by atoms with van der Waals surface area (Å²) in [6, 6.07) is 28.3. The number of nitrogens with zero attached hydrogens (tertiary/aromatic N) is 1. The number of hydroxylamine groups is 2. The number of aldehydes is 1. The van der Waals surface area contributed by atoms with E-state index in [0.717, 1.165) is 23.5 Å². The molecule has 0 saturated carbocycles. The van der Waals surface area contributed by atoms with Crippen LogP contribution in [0.1, 0.15) is 102 Å². The summed E-state index contributed by atoms with van der Waals surface area (Å²) in [7, 11) is 0. The van der Waals surface area contributed by atoms with Crippen molar-refractivity contribution < 1.29 is 71.4 Å². The van der Waals surface area contributed by atoms with Crippen molar-refractivity contribution in [2.24, 2.45) is 5.92 Å². The molecule has 4 aromatic carbocycles. The van der Waals surface area contributed by atoms with Gasteiger partial charge in [0.25, 0.3) is 11.8 Å². The monoisotopic (exact) mass is 988 g/mol. The van der Waals surface area contributed by atoms with Crippen LogP contribution in [0.25, 0.3) is 11.3 Å². The number of ether oxygens (including phenoxy) is 4. The maximum atomic E-state index is 13.8. The minimum Gasteiger partial charge on any atom is -0.481 e. The Morgan fingerprint density at radius 3 is 2.06 bits per heavy atom. The van der Waals surface area contributed by atoms with Gasteiger partial charge in [-0.05, 0) is 60.4 Å². The molecule has 0 radical (unpaired) electrons. The van der Waals surface area contributed by atoms with E-state index < -0.39 is 72.6 Å². The van der Waals surface area contributed by atoms with Gasteiger partial charge in [0.05, 0.1) is 24.2 Å². The zero-order valence-electron chi connectivity index (χ0n) is 40.0.